The van der Waals surface area contributed by atoms with E-state index in [1.54, 1.807) is 0 Å². The Labute approximate surface area is 110 Å². The zero-order valence-electron chi connectivity index (χ0n) is 11.4. The molecule has 102 valence electrons. The van der Waals surface area contributed by atoms with Crippen molar-refractivity contribution >= 4 is 0 Å². The molecule has 0 bridgehead atoms. The first-order valence-corrected chi connectivity index (χ1v) is 7.33. The van der Waals surface area contributed by atoms with Crippen LogP contribution in [0.1, 0.15) is 63.6 Å². The van der Waals surface area contributed by atoms with E-state index in [9.17, 15) is 0 Å². The first-order chi connectivity index (χ1) is 8.85. The minimum atomic E-state index is 0.252. The van der Waals surface area contributed by atoms with Crippen molar-refractivity contribution in [1.82, 2.24) is 15.2 Å². The Kier molecular flexibility index (Phi) is 5.20. The van der Waals surface area contributed by atoms with Gasteiger partial charge in [0.15, 0.2) is 0 Å². The summed E-state index contributed by atoms with van der Waals surface area (Å²) < 4.78 is 2.09. The summed E-state index contributed by atoms with van der Waals surface area (Å²) in [4.78, 5) is 0. The number of nitrogens with one attached hydrogen (secondary N) is 1. The third kappa shape index (κ3) is 3.33. The monoisotopic (exact) mass is 250 g/mol. The molecule has 1 unspecified atom stereocenters. The number of nitrogens with two attached hydrogens (primary N) is 1. The van der Waals surface area contributed by atoms with Gasteiger partial charge in [-0.2, -0.15) is 5.10 Å². The maximum Gasteiger partial charge on any atom is 0.0631 e. The van der Waals surface area contributed by atoms with Gasteiger partial charge in [-0.3, -0.25) is 16.0 Å². The average molecular weight is 250 g/mol. The molecular weight excluding hydrogens is 224 g/mol. The number of hydrogen-bond donors (Lipinski definition) is 2. The molecular formula is C14H26N4. The van der Waals surface area contributed by atoms with Gasteiger partial charge in [0.2, 0.25) is 0 Å². The molecule has 0 radical (unpaired) electrons. The molecule has 0 amide bonds. The van der Waals surface area contributed by atoms with E-state index in [0.29, 0.717) is 0 Å². The molecule has 2 rings (SSSR count). The van der Waals surface area contributed by atoms with E-state index in [4.69, 9.17) is 5.84 Å². The fourth-order valence-corrected chi connectivity index (χ4v) is 3.07. The van der Waals surface area contributed by atoms with Crippen molar-refractivity contribution in [3.63, 3.8) is 0 Å². The highest BCUT2D eigenvalue weighted by molar-refractivity contribution is 5.07. The van der Waals surface area contributed by atoms with Crippen molar-refractivity contribution in [2.45, 2.75) is 64.5 Å². The summed E-state index contributed by atoms with van der Waals surface area (Å²) in [5.74, 6) is 6.58. The molecule has 0 saturated heterocycles. The van der Waals surface area contributed by atoms with Crippen LogP contribution in [0.2, 0.25) is 0 Å². The SMILES string of the molecule is CCCn1nccc1C(CC1CCCCC1)NN. The fourth-order valence-electron chi connectivity index (χ4n) is 3.07. The highest BCUT2D eigenvalue weighted by atomic mass is 15.3. The number of hydrogen-bond acceptors (Lipinski definition) is 3. The van der Waals surface area contributed by atoms with Crippen molar-refractivity contribution in [2.24, 2.45) is 11.8 Å². The zero-order valence-corrected chi connectivity index (χ0v) is 11.4. The van der Waals surface area contributed by atoms with Crippen LogP contribution in [0.3, 0.4) is 0 Å². The van der Waals surface area contributed by atoms with Crippen molar-refractivity contribution in [3.05, 3.63) is 18.0 Å². The van der Waals surface area contributed by atoms with E-state index in [-0.39, 0.29) is 6.04 Å². The van der Waals surface area contributed by atoms with Gasteiger partial charge in [-0.25, -0.2) is 0 Å². The molecule has 1 saturated carbocycles. The molecule has 4 nitrogen and oxygen atoms in total. The van der Waals surface area contributed by atoms with Gasteiger partial charge in [-0.15, -0.1) is 0 Å². The van der Waals surface area contributed by atoms with Crippen LogP contribution in [0.5, 0.6) is 0 Å². The molecule has 1 aromatic rings. The van der Waals surface area contributed by atoms with Gasteiger partial charge >= 0.3 is 0 Å². The Balaban J connectivity index is 2.00. The van der Waals surface area contributed by atoms with E-state index >= 15 is 0 Å². The number of nitrogens with zero attached hydrogens (tertiary/aromatic N) is 2. The smallest absolute Gasteiger partial charge is 0.0631 e. The second-order valence-corrected chi connectivity index (χ2v) is 5.44. The van der Waals surface area contributed by atoms with E-state index in [0.717, 1.165) is 25.3 Å². The van der Waals surface area contributed by atoms with Crippen LogP contribution >= 0.6 is 0 Å². The predicted molar refractivity (Wildman–Crippen MR) is 73.8 cm³/mol. The van der Waals surface area contributed by atoms with Crippen molar-refractivity contribution < 1.29 is 0 Å². The molecule has 0 aromatic carbocycles. The second kappa shape index (κ2) is 6.90. The van der Waals surface area contributed by atoms with E-state index in [2.05, 4.69) is 28.2 Å². The van der Waals surface area contributed by atoms with Crippen LogP contribution in [-0.4, -0.2) is 9.78 Å². The summed E-state index contributed by atoms with van der Waals surface area (Å²) >= 11 is 0. The van der Waals surface area contributed by atoms with E-state index < -0.39 is 0 Å². The van der Waals surface area contributed by atoms with E-state index in [1.165, 1.54) is 37.8 Å². The van der Waals surface area contributed by atoms with Gasteiger partial charge in [0.1, 0.15) is 0 Å². The largest absolute Gasteiger partial charge is 0.271 e. The predicted octanol–water partition coefficient (Wildman–Crippen LogP) is 2.77. The quantitative estimate of drug-likeness (QED) is 0.603. The summed E-state index contributed by atoms with van der Waals surface area (Å²) in [5.41, 5.74) is 4.23. The van der Waals surface area contributed by atoms with Crippen molar-refractivity contribution in [1.29, 1.82) is 0 Å². The van der Waals surface area contributed by atoms with Gasteiger partial charge in [-0.1, -0.05) is 39.0 Å². The molecule has 1 atom stereocenters. The molecule has 0 spiro atoms. The van der Waals surface area contributed by atoms with Crippen molar-refractivity contribution in [3.8, 4) is 0 Å². The first-order valence-electron chi connectivity index (χ1n) is 7.33. The van der Waals surface area contributed by atoms with Gasteiger partial charge in [0.25, 0.3) is 0 Å². The Bertz CT molecular complexity index is 341. The average Bonchev–Trinajstić information content (AvgIpc) is 2.86. The minimum absolute atomic E-state index is 0.252. The molecule has 0 aliphatic heterocycles. The lowest BCUT2D eigenvalue weighted by atomic mass is 9.84. The Morgan fingerprint density at radius 1 is 1.44 bits per heavy atom. The minimum Gasteiger partial charge on any atom is -0.271 e. The summed E-state index contributed by atoms with van der Waals surface area (Å²) in [6.45, 7) is 3.16. The highest BCUT2D eigenvalue weighted by Gasteiger charge is 2.21. The molecule has 18 heavy (non-hydrogen) atoms. The highest BCUT2D eigenvalue weighted by Crippen LogP contribution is 2.31. The lowest BCUT2D eigenvalue weighted by Crippen LogP contribution is -2.32. The third-order valence-corrected chi connectivity index (χ3v) is 4.04. The molecule has 1 fully saturated rings. The number of aryl methyl sites for hydroxylation is 1. The lowest BCUT2D eigenvalue weighted by Gasteiger charge is -2.26. The Morgan fingerprint density at radius 3 is 2.89 bits per heavy atom. The topological polar surface area (TPSA) is 55.9 Å². The lowest BCUT2D eigenvalue weighted by molar-refractivity contribution is 0.294. The molecule has 1 aromatic heterocycles. The molecule has 3 N–H and O–H groups in total. The standard InChI is InChI=1S/C14H26N4/c1-2-10-18-14(8-9-16-18)13(17-15)11-12-6-4-3-5-7-12/h8-9,12-13,17H,2-7,10-11,15H2,1H3. The summed E-state index contributed by atoms with van der Waals surface area (Å²) in [6.07, 6.45) is 11.0. The second-order valence-electron chi connectivity index (χ2n) is 5.44. The summed E-state index contributed by atoms with van der Waals surface area (Å²) in [7, 11) is 0. The van der Waals surface area contributed by atoms with E-state index in [1.807, 2.05) is 6.20 Å². The fraction of sp³-hybridized carbons (Fsp3) is 0.786. The molecule has 1 aliphatic rings. The van der Waals surface area contributed by atoms with Crippen LogP contribution in [0.15, 0.2) is 12.3 Å². The number of rotatable bonds is 6. The molecule has 4 heteroatoms. The number of aromatic nitrogens is 2. The molecule has 1 heterocycles. The summed E-state index contributed by atoms with van der Waals surface area (Å²) in [5, 5.41) is 4.39. The van der Waals surface area contributed by atoms with Gasteiger partial charge in [-0.05, 0) is 24.8 Å². The zero-order chi connectivity index (χ0) is 12.8. The summed E-state index contributed by atoms with van der Waals surface area (Å²) in [6, 6.07) is 2.35. The van der Waals surface area contributed by atoms with Crippen LogP contribution < -0.4 is 11.3 Å². The van der Waals surface area contributed by atoms with Crippen LogP contribution in [0.4, 0.5) is 0 Å². The maximum absolute atomic E-state index is 5.76. The van der Waals surface area contributed by atoms with Gasteiger partial charge < -0.3 is 0 Å². The Hall–Kier alpha value is -0.870. The van der Waals surface area contributed by atoms with Gasteiger partial charge in [0.05, 0.1) is 11.7 Å². The Morgan fingerprint density at radius 2 is 2.22 bits per heavy atom. The van der Waals surface area contributed by atoms with Crippen LogP contribution in [0.25, 0.3) is 0 Å². The number of hydrazine groups is 1. The third-order valence-electron chi connectivity index (χ3n) is 4.04. The first kappa shape index (κ1) is 13.6. The van der Waals surface area contributed by atoms with Crippen LogP contribution in [-0.2, 0) is 6.54 Å². The normalized spacial score (nSPS) is 19.0. The van der Waals surface area contributed by atoms with Gasteiger partial charge in [0, 0.05) is 12.7 Å². The maximum atomic E-state index is 5.76. The van der Waals surface area contributed by atoms with Crippen LogP contribution in [0, 0.1) is 5.92 Å². The van der Waals surface area contributed by atoms with Crippen molar-refractivity contribution in [2.75, 3.05) is 0 Å². The molecule has 1 aliphatic carbocycles.